The van der Waals surface area contributed by atoms with Gasteiger partial charge in [0.15, 0.2) is 0 Å². The number of nitro benzene ring substituents is 1. The van der Waals surface area contributed by atoms with Crippen molar-refractivity contribution in [3.63, 3.8) is 0 Å². The smallest absolute Gasteiger partial charge is 0.337 e. The molecular weight excluding hydrogens is 478 g/mol. The van der Waals surface area contributed by atoms with Crippen LogP contribution in [0.15, 0.2) is 54.9 Å². The van der Waals surface area contributed by atoms with Crippen LogP contribution in [-0.2, 0) is 0 Å². The molecule has 0 fully saturated rings. The lowest BCUT2D eigenvalue weighted by atomic mass is 10.2. The Balaban J connectivity index is 1.72. The maximum absolute atomic E-state index is 11.9. The SMILES string of the molecule is COc1cc(N(C)CCN(C)C)c([N+](=O)[O-])cc1Nc1nccc(-n2cc(C(=O)O)c3ccccc32)n1. The zero-order valence-corrected chi connectivity index (χ0v) is 20.9. The second-order valence-corrected chi connectivity index (χ2v) is 8.62. The summed E-state index contributed by atoms with van der Waals surface area (Å²) in [6.45, 7) is 1.30. The normalized spacial score (nSPS) is 11.1. The molecule has 0 spiro atoms. The molecule has 0 atom stereocenters. The molecule has 2 aromatic carbocycles. The monoisotopic (exact) mass is 505 g/mol. The van der Waals surface area contributed by atoms with Gasteiger partial charge in [-0.2, -0.15) is 4.98 Å². The van der Waals surface area contributed by atoms with Crippen LogP contribution in [0.5, 0.6) is 5.75 Å². The van der Waals surface area contributed by atoms with Gasteiger partial charge in [0, 0.05) is 50.0 Å². The molecule has 0 aliphatic carbocycles. The Kier molecular flexibility index (Phi) is 7.20. The minimum atomic E-state index is -1.05. The van der Waals surface area contributed by atoms with Crippen LogP contribution in [0.1, 0.15) is 10.4 Å². The molecule has 0 amide bonds. The number of carboxylic acid groups (broad SMARTS) is 1. The van der Waals surface area contributed by atoms with E-state index in [2.05, 4.69) is 15.3 Å². The lowest BCUT2D eigenvalue weighted by Crippen LogP contribution is -2.28. The first kappa shape index (κ1) is 25.4. The number of hydrogen-bond donors (Lipinski definition) is 2. The fourth-order valence-corrected chi connectivity index (χ4v) is 3.95. The van der Waals surface area contributed by atoms with Crippen LogP contribution in [0, 0.1) is 10.1 Å². The predicted octanol–water partition coefficient (Wildman–Crippen LogP) is 3.78. The first-order valence-corrected chi connectivity index (χ1v) is 11.4. The minimum absolute atomic E-state index is 0.0942. The van der Waals surface area contributed by atoms with Crippen LogP contribution in [-0.4, -0.2) is 76.8 Å². The quantitative estimate of drug-likeness (QED) is 0.242. The number of aromatic nitrogens is 3. The molecule has 2 aromatic heterocycles. The number of carboxylic acids is 1. The zero-order chi connectivity index (χ0) is 26.7. The molecule has 2 N–H and O–H groups in total. The maximum Gasteiger partial charge on any atom is 0.337 e. The highest BCUT2D eigenvalue weighted by Gasteiger charge is 2.23. The molecule has 2 heterocycles. The summed E-state index contributed by atoms with van der Waals surface area (Å²) >= 11 is 0. The van der Waals surface area contributed by atoms with E-state index in [9.17, 15) is 20.0 Å². The van der Waals surface area contributed by atoms with Gasteiger partial charge in [-0.15, -0.1) is 0 Å². The first-order valence-electron chi connectivity index (χ1n) is 11.4. The second-order valence-electron chi connectivity index (χ2n) is 8.62. The Morgan fingerprint density at radius 3 is 2.62 bits per heavy atom. The van der Waals surface area contributed by atoms with E-state index in [1.54, 1.807) is 46.8 Å². The number of nitrogens with zero attached hydrogens (tertiary/aromatic N) is 6. The molecule has 0 saturated heterocycles. The summed E-state index contributed by atoms with van der Waals surface area (Å²) in [5.41, 5.74) is 1.46. The molecule has 0 unspecified atom stereocenters. The number of fused-ring (bicyclic) bond motifs is 1. The Bertz CT molecular complexity index is 1470. The Morgan fingerprint density at radius 1 is 1.19 bits per heavy atom. The largest absolute Gasteiger partial charge is 0.494 e. The van der Waals surface area contributed by atoms with E-state index in [1.165, 1.54) is 25.6 Å². The molecule has 0 saturated carbocycles. The number of rotatable bonds is 10. The van der Waals surface area contributed by atoms with Crippen molar-refractivity contribution in [2.75, 3.05) is 51.6 Å². The van der Waals surface area contributed by atoms with Crippen molar-refractivity contribution < 1.29 is 19.6 Å². The molecule has 37 heavy (non-hydrogen) atoms. The summed E-state index contributed by atoms with van der Waals surface area (Å²) in [6, 6.07) is 11.8. The van der Waals surface area contributed by atoms with Gasteiger partial charge in [-0.25, -0.2) is 9.78 Å². The van der Waals surface area contributed by atoms with Crippen molar-refractivity contribution in [3.8, 4) is 11.6 Å². The van der Waals surface area contributed by atoms with Crippen LogP contribution in [0.4, 0.5) is 23.0 Å². The number of para-hydroxylation sites is 1. The van der Waals surface area contributed by atoms with Crippen molar-refractivity contribution in [3.05, 3.63) is 70.5 Å². The summed E-state index contributed by atoms with van der Waals surface area (Å²) in [7, 11) is 7.14. The number of likely N-dealkylation sites (N-methyl/N-ethyl adjacent to an activating group) is 2. The third-order valence-electron chi connectivity index (χ3n) is 5.86. The fraction of sp³-hybridized carbons (Fsp3) is 0.240. The van der Waals surface area contributed by atoms with Crippen LogP contribution in [0.3, 0.4) is 0 Å². The average molecular weight is 506 g/mol. The summed E-state index contributed by atoms with van der Waals surface area (Å²) in [6.07, 6.45) is 3.02. The zero-order valence-electron chi connectivity index (χ0n) is 20.9. The number of nitrogens with one attached hydrogen (secondary N) is 1. The molecule has 0 radical (unpaired) electrons. The van der Waals surface area contributed by atoms with Crippen molar-refractivity contribution in [1.29, 1.82) is 0 Å². The number of hydrogen-bond acceptors (Lipinski definition) is 9. The Morgan fingerprint density at radius 2 is 1.95 bits per heavy atom. The predicted molar refractivity (Wildman–Crippen MR) is 141 cm³/mol. The minimum Gasteiger partial charge on any atom is -0.494 e. The molecule has 4 rings (SSSR count). The Labute approximate surface area is 212 Å². The van der Waals surface area contributed by atoms with Crippen molar-refractivity contribution >= 4 is 39.9 Å². The lowest BCUT2D eigenvalue weighted by Gasteiger charge is -2.22. The molecule has 12 nitrogen and oxygen atoms in total. The maximum atomic E-state index is 11.9. The molecule has 0 aliphatic rings. The number of benzene rings is 2. The average Bonchev–Trinajstić information content (AvgIpc) is 3.27. The van der Waals surface area contributed by atoms with Crippen molar-refractivity contribution in [2.24, 2.45) is 0 Å². The second kappa shape index (κ2) is 10.5. The number of ether oxygens (including phenoxy) is 1. The third-order valence-corrected chi connectivity index (χ3v) is 5.86. The highest BCUT2D eigenvalue weighted by molar-refractivity contribution is 6.04. The summed E-state index contributed by atoms with van der Waals surface area (Å²) < 4.78 is 7.18. The standard InChI is InChI=1S/C25H27N7O5/c1-29(2)11-12-30(3)20-14-22(37-4)18(13-21(20)32(35)36)27-25-26-10-9-23(28-25)31-15-17(24(33)34)16-7-5-6-8-19(16)31/h5-10,13-15H,11-12H2,1-4H3,(H,33,34)(H,26,27,28). The van der Waals surface area contributed by atoms with Gasteiger partial charge in [-0.05, 0) is 26.2 Å². The fourth-order valence-electron chi connectivity index (χ4n) is 3.95. The van der Waals surface area contributed by atoms with Gasteiger partial charge in [0.25, 0.3) is 5.69 Å². The Hall–Kier alpha value is -4.71. The van der Waals surface area contributed by atoms with E-state index in [4.69, 9.17) is 4.74 Å². The van der Waals surface area contributed by atoms with Gasteiger partial charge in [-0.1, -0.05) is 18.2 Å². The van der Waals surface area contributed by atoms with Crippen LogP contribution in [0.25, 0.3) is 16.7 Å². The van der Waals surface area contributed by atoms with Gasteiger partial charge < -0.3 is 29.5 Å². The van der Waals surface area contributed by atoms with Crippen molar-refractivity contribution in [2.45, 2.75) is 0 Å². The number of methoxy groups -OCH3 is 1. The molecule has 4 aromatic rings. The van der Waals surface area contributed by atoms with Crippen LogP contribution < -0.4 is 15.0 Å². The van der Waals surface area contributed by atoms with E-state index in [1.807, 2.05) is 25.1 Å². The van der Waals surface area contributed by atoms with Gasteiger partial charge >= 0.3 is 5.97 Å². The van der Waals surface area contributed by atoms with Crippen molar-refractivity contribution in [1.82, 2.24) is 19.4 Å². The molecule has 192 valence electrons. The molecule has 12 heteroatoms. The van der Waals surface area contributed by atoms with Crippen LogP contribution >= 0.6 is 0 Å². The number of nitro groups is 1. The number of anilines is 3. The number of carbonyl (C=O) groups is 1. The van der Waals surface area contributed by atoms with Gasteiger partial charge in [0.05, 0.1) is 28.8 Å². The van der Waals surface area contributed by atoms with Gasteiger partial charge in [-0.3, -0.25) is 10.1 Å². The first-order chi connectivity index (χ1) is 17.7. The molecular formula is C25H27N7O5. The van der Waals surface area contributed by atoms with E-state index >= 15 is 0 Å². The summed E-state index contributed by atoms with van der Waals surface area (Å²) in [4.78, 5) is 35.8. The summed E-state index contributed by atoms with van der Waals surface area (Å²) in [5.74, 6) is -0.0795. The molecule has 0 aliphatic heterocycles. The van der Waals surface area contributed by atoms with E-state index in [-0.39, 0.29) is 17.2 Å². The highest BCUT2D eigenvalue weighted by Crippen LogP contribution is 2.39. The topological polar surface area (TPSA) is 139 Å². The summed E-state index contributed by atoms with van der Waals surface area (Å²) in [5, 5.41) is 25.1. The molecule has 0 bridgehead atoms. The third kappa shape index (κ3) is 5.28. The highest BCUT2D eigenvalue weighted by atomic mass is 16.6. The van der Waals surface area contributed by atoms with E-state index in [0.29, 0.717) is 46.9 Å². The van der Waals surface area contributed by atoms with E-state index < -0.39 is 10.9 Å². The number of aromatic carboxylic acids is 1. The lowest BCUT2D eigenvalue weighted by molar-refractivity contribution is -0.384. The van der Waals surface area contributed by atoms with Crippen LogP contribution in [0.2, 0.25) is 0 Å². The van der Waals surface area contributed by atoms with Gasteiger partial charge in [0.1, 0.15) is 17.3 Å². The van der Waals surface area contributed by atoms with Gasteiger partial charge in [0.2, 0.25) is 5.95 Å². The van der Waals surface area contributed by atoms with E-state index in [0.717, 1.165) is 0 Å².